The molecule has 1 aliphatic heterocycles. The van der Waals surface area contributed by atoms with Crippen LogP contribution in [0.15, 0.2) is 42.6 Å². The number of nitrogens with one attached hydrogen (secondary N) is 1. The Morgan fingerprint density at radius 3 is 2.50 bits per heavy atom. The van der Waals surface area contributed by atoms with E-state index in [0.717, 1.165) is 21.8 Å². The van der Waals surface area contributed by atoms with Gasteiger partial charge in [0.25, 0.3) is 5.91 Å². The summed E-state index contributed by atoms with van der Waals surface area (Å²) in [5, 5.41) is 14.9. The molecule has 142 valence electrons. The number of aliphatic hydroxyl groups is 1. The molecule has 7 heteroatoms. The number of thiazole rings is 1. The van der Waals surface area contributed by atoms with Crippen molar-refractivity contribution in [1.82, 2.24) is 4.98 Å². The maximum absolute atomic E-state index is 12.5. The highest BCUT2D eigenvalue weighted by Gasteiger charge is 2.30. The molecule has 0 spiro atoms. The van der Waals surface area contributed by atoms with Gasteiger partial charge in [0.2, 0.25) is 0 Å². The smallest absolute Gasteiger partial charge is 0.260 e. The van der Waals surface area contributed by atoms with Gasteiger partial charge >= 0.3 is 0 Å². The van der Waals surface area contributed by atoms with Gasteiger partial charge in [0.05, 0.1) is 26.2 Å². The minimum absolute atomic E-state index is 0.0712. The van der Waals surface area contributed by atoms with Crippen molar-refractivity contribution in [1.29, 1.82) is 0 Å². The molecule has 0 radical (unpaired) electrons. The standard InChI is InChI=1S/C21H18ClN3O2S/c1-11-23-10-18(28-11)20(26)19-15-8-14(16(22)9-17(15)24-21(19)27)12-4-6-13(7-5-12)25(2)3/h4-10,26H,1-3H3,(H,24,27). The Labute approximate surface area is 171 Å². The van der Waals surface area contributed by atoms with E-state index in [-0.39, 0.29) is 17.2 Å². The third-order valence-corrected chi connectivity index (χ3v) is 5.87. The fourth-order valence-corrected chi connectivity index (χ4v) is 4.18. The van der Waals surface area contributed by atoms with Gasteiger partial charge in [0.1, 0.15) is 5.76 Å². The summed E-state index contributed by atoms with van der Waals surface area (Å²) >= 11 is 7.83. The van der Waals surface area contributed by atoms with E-state index in [4.69, 9.17) is 11.6 Å². The average molecular weight is 412 g/mol. The summed E-state index contributed by atoms with van der Waals surface area (Å²) in [5.74, 6) is -0.423. The van der Waals surface area contributed by atoms with Crippen LogP contribution in [0.1, 0.15) is 15.4 Å². The van der Waals surface area contributed by atoms with Crippen molar-refractivity contribution in [2.45, 2.75) is 6.92 Å². The van der Waals surface area contributed by atoms with Crippen molar-refractivity contribution >= 4 is 51.6 Å². The van der Waals surface area contributed by atoms with Gasteiger partial charge in [-0.05, 0) is 36.8 Å². The van der Waals surface area contributed by atoms with Gasteiger partial charge in [-0.2, -0.15) is 0 Å². The summed E-state index contributed by atoms with van der Waals surface area (Å²) in [4.78, 5) is 19.3. The third kappa shape index (κ3) is 3.15. The maximum atomic E-state index is 12.5. The number of carbonyl (C=O) groups excluding carboxylic acids is 1. The molecular formula is C21H18ClN3O2S. The highest BCUT2D eigenvalue weighted by molar-refractivity contribution is 7.12. The molecule has 2 heterocycles. The van der Waals surface area contributed by atoms with Crippen molar-refractivity contribution in [2.75, 3.05) is 24.3 Å². The normalized spacial score (nSPS) is 14.6. The molecule has 5 nitrogen and oxygen atoms in total. The van der Waals surface area contributed by atoms with Crippen molar-refractivity contribution < 1.29 is 9.90 Å². The van der Waals surface area contributed by atoms with E-state index in [1.165, 1.54) is 11.3 Å². The van der Waals surface area contributed by atoms with Crippen LogP contribution in [0.4, 0.5) is 11.4 Å². The van der Waals surface area contributed by atoms with Gasteiger partial charge in [-0.1, -0.05) is 23.7 Å². The topological polar surface area (TPSA) is 65.5 Å². The molecule has 2 aromatic carbocycles. The summed E-state index contributed by atoms with van der Waals surface area (Å²) in [7, 11) is 3.96. The first-order chi connectivity index (χ1) is 13.3. The van der Waals surface area contributed by atoms with Gasteiger partial charge in [0.15, 0.2) is 0 Å². The Kier molecular flexibility index (Phi) is 4.61. The number of hydrogen-bond donors (Lipinski definition) is 2. The van der Waals surface area contributed by atoms with E-state index in [0.29, 0.717) is 21.2 Å². The molecule has 0 aliphatic carbocycles. The molecule has 0 bridgehead atoms. The lowest BCUT2D eigenvalue weighted by Gasteiger charge is -2.14. The van der Waals surface area contributed by atoms with E-state index in [1.54, 1.807) is 12.3 Å². The monoisotopic (exact) mass is 411 g/mol. The van der Waals surface area contributed by atoms with Crippen molar-refractivity contribution in [3.05, 3.63) is 63.1 Å². The molecular weight excluding hydrogens is 394 g/mol. The summed E-state index contributed by atoms with van der Waals surface area (Å²) in [6, 6.07) is 11.6. The molecule has 1 amide bonds. The van der Waals surface area contributed by atoms with Crippen LogP contribution in [-0.4, -0.2) is 30.1 Å². The van der Waals surface area contributed by atoms with Crippen molar-refractivity contribution in [3.63, 3.8) is 0 Å². The number of aryl methyl sites for hydroxylation is 1. The van der Waals surface area contributed by atoms with E-state index in [9.17, 15) is 9.90 Å². The number of aliphatic hydroxyl groups excluding tert-OH is 1. The van der Waals surface area contributed by atoms with Crippen LogP contribution in [0.3, 0.4) is 0 Å². The molecule has 2 N–H and O–H groups in total. The Balaban J connectivity index is 1.84. The third-order valence-electron chi connectivity index (χ3n) is 4.64. The van der Waals surface area contributed by atoms with Crippen LogP contribution in [0.25, 0.3) is 22.5 Å². The lowest BCUT2D eigenvalue weighted by Crippen LogP contribution is -2.07. The Bertz CT molecular complexity index is 1120. The lowest BCUT2D eigenvalue weighted by molar-refractivity contribution is -0.110. The number of anilines is 2. The Morgan fingerprint density at radius 1 is 1.18 bits per heavy atom. The number of carbonyl (C=O) groups is 1. The molecule has 0 saturated heterocycles. The second kappa shape index (κ2) is 6.96. The van der Waals surface area contributed by atoms with Crippen molar-refractivity contribution in [3.8, 4) is 11.1 Å². The van der Waals surface area contributed by atoms with E-state index < -0.39 is 0 Å². The predicted octanol–water partition coefficient (Wildman–Crippen LogP) is 5.22. The molecule has 0 atom stereocenters. The quantitative estimate of drug-likeness (QED) is 0.458. The molecule has 3 aromatic rings. The van der Waals surface area contributed by atoms with Crippen LogP contribution >= 0.6 is 22.9 Å². The predicted molar refractivity (Wildman–Crippen MR) is 116 cm³/mol. The van der Waals surface area contributed by atoms with Gasteiger partial charge in [-0.25, -0.2) is 4.98 Å². The largest absolute Gasteiger partial charge is 0.506 e. The number of amides is 1. The number of aromatic nitrogens is 1. The van der Waals surface area contributed by atoms with E-state index in [2.05, 4.69) is 10.3 Å². The minimum atomic E-state index is -0.352. The fourth-order valence-electron chi connectivity index (χ4n) is 3.18. The van der Waals surface area contributed by atoms with Crippen LogP contribution in [-0.2, 0) is 4.79 Å². The summed E-state index contributed by atoms with van der Waals surface area (Å²) in [6.07, 6.45) is 1.57. The fraction of sp³-hybridized carbons (Fsp3) is 0.143. The minimum Gasteiger partial charge on any atom is -0.506 e. The maximum Gasteiger partial charge on any atom is 0.260 e. The Hall–Kier alpha value is -2.83. The van der Waals surface area contributed by atoms with Crippen LogP contribution in [0.5, 0.6) is 0 Å². The number of nitrogens with zero attached hydrogens (tertiary/aromatic N) is 2. The second-order valence-corrected chi connectivity index (χ2v) is 8.38. The molecule has 1 aliphatic rings. The highest BCUT2D eigenvalue weighted by atomic mass is 35.5. The first-order valence-electron chi connectivity index (χ1n) is 8.64. The molecule has 4 rings (SSSR count). The van der Waals surface area contributed by atoms with Gasteiger partial charge in [0, 0.05) is 37.1 Å². The van der Waals surface area contributed by atoms with Gasteiger partial charge in [-0.15, -0.1) is 11.3 Å². The summed E-state index contributed by atoms with van der Waals surface area (Å²) in [5.41, 5.74) is 4.27. The summed E-state index contributed by atoms with van der Waals surface area (Å²) in [6.45, 7) is 1.85. The van der Waals surface area contributed by atoms with E-state index in [1.807, 2.05) is 56.3 Å². The first-order valence-corrected chi connectivity index (χ1v) is 9.83. The zero-order valence-corrected chi connectivity index (χ0v) is 17.1. The Morgan fingerprint density at radius 2 is 1.89 bits per heavy atom. The number of fused-ring (bicyclic) bond motifs is 1. The molecule has 28 heavy (non-hydrogen) atoms. The number of halogens is 1. The van der Waals surface area contributed by atoms with Crippen LogP contribution in [0, 0.1) is 6.92 Å². The van der Waals surface area contributed by atoms with Crippen molar-refractivity contribution in [2.24, 2.45) is 0 Å². The van der Waals surface area contributed by atoms with E-state index >= 15 is 0 Å². The van der Waals surface area contributed by atoms with Crippen LogP contribution < -0.4 is 10.2 Å². The summed E-state index contributed by atoms with van der Waals surface area (Å²) < 4.78 is 0. The van der Waals surface area contributed by atoms with Gasteiger partial charge in [-0.3, -0.25) is 4.79 Å². The number of hydrogen-bond acceptors (Lipinski definition) is 5. The molecule has 0 unspecified atom stereocenters. The molecule has 1 aromatic heterocycles. The number of benzene rings is 2. The first kappa shape index (κ1) is 18.5. The van der Waals surface area contributed by atoms with Gasteiger partial charge < -0.3 is 15.3 Å². The lowest BCUT2D eigenvalue weighted by atomic mass is 9.98. The van der Waals surface area contributed by atoms with Crippen LogP contribution in [0.2, 0.25) is 5.02 Å². The second-order valence-electron chi connectivity index (χ2n) is 6.74. The zero-order chi connectivity index (χ0) is 20.0. The average Bonchev–Trinajstić information content (AvgIpc) is 3.23. The molecule has 0 saturated carbocycles. The molecule has 0 fully saturated rings. The SMILES string of the molecule is Cc1ncc(C(O)=C2C(=O)Nc3cc(Cl)c(-c4ccc(N(C)C)cc4)cc32)s1. The highest BCUT2D eigenvalue weighted by Crippen LogP contribution is 2.42. The zero-order valence-electron chi connectivity index (χ0n) is 15.6. The number of rotatable bonds is 3.